The van der Waals surface area contributed by atoms with Crippen LogP contribution in [-0.4, -0.2) is 22.1 Å². The molecule has 0 aromatic carbocycles. The van der Waals surface area contributed by atoms with Crippen LogP contribution >= 0.6 is 11.6 Å². The van der Waals surface area contributed by atoms with Crippen LogP contribution in [0.5, 0.6) is 0 Å². The Hall–Kier alpha value is -1.64. The first kappa shape index (κ1) is 13.4. The minimum atomic E-state index is -4.97. The average molecular weight is 273 g/mol. The van der Waals surface area contributed by atoms with Crippen LogP contribution in [0.3, 0.4) is 0 Å². The number of rotatable bonds is 2. The molecule has 94 valence electrons. The molecule has 0 aromatic heterocycles. The van der Waals surface area contributed by atoms with E-state index in [0.29, 0.717) is 0 Å². The van der Waals surface area contributed by atoms with Crippen LogP contribution in [0.15, 0.2) is 22.4 Å². The van der Waals surface area contributed by atoms with Crippen molar-refractivity contribution < 1.29 is 23.0 Å². The van der Waals surface area contributed by atoms with Crippen LogP contribution in [0.2, 0.25) is 0 Å². The number of allylic oxidation sites excluding steroid dienone is 2. The molecule has 0 aromatic rings. The number of nitrogens with zero attached hydrogens (tertiary/aromatic N) is 2. The Balaban J connectivity index is 3.31. The van der Waals surface area contributed by atoms with Crippen LogP contribution in [0.4, 0.5) is 13.2 Å². The van der Waals surface area contributed by atoms with E-state index in [2.05, 4.69) is 0 Å². The van der Waals surface area contributed by atoms with Crippen LogP contribution < -0.4 is 0 Å². The van der Waals surface area contributed by atoms with Crippen molar-refractivity contribution >= 4 is 11.6 Å². The number of alkyl halides is 3. The van der Waals surface area contributed by atoms with Crippen molar-refractivity contribution in [2.24, 2.45) is 0 Å². The van der Waals surface area contributed by atoms with Gasteiger partial charge in [0.1, 0.15) is 11.5 Å². The third kappa shape index (κ3) is 2.73. The fourth-order valence-electron chi connectivity index (χ4n) is 1.28. The van der Waals surface area contributed by atoms with E-state index < -0.39 is 44.8 Å². The second-order valence-corrected chi connectivity index (χ2v) is 3.53. The van der Waals surface area contributed by atoms with Gasteiger partial charge in [-0.05, 0) is 0 Å². The quantitative estimate of drug-likeness (QED) is 0.570. The molecular formula is C7H4ClF3N2O4. The minimum absolute atomic E-state index is 0.287. The smallest absolute Gasteiger partial charge is 0.264 e. The summed E-state index contributed by atoms with van der Waals surface area (Å²) < 4.78 is 37.3. The van der Waals surface area contributed by atoms with Gasteiger partial charge in [0.15, 0.2) is 0 Å². The fourth-order valence-corrected chi connectivity index (χ4v) is 1.59. The van der Waals surface area contributed by atoms with Crippen LogP contribution in [0.1, 0.15) is 6.42 Å². The van der Waals surface area contributed by atoms with Gasteiger partial charge in [-0.1, -0.05) is 11.6 Å². The molecule has 1 aliphatic carbocycles. The van der Waals surface area contributed by atoms with E-state index in [-0.39, 0.29) is 6.08 Å². The summed E-state index contributed by atoms with van der Waals surface area (Å²) in [5, 5.41) is 19.8. The maximum absolute atomic E-state index is 12.4. The summed E-state index contributed by atoms with van der Waals surface area (Å²) in [6.07, 6.45) is -5.44. The zero-order chi connectivity index (χ0) is 13.4. The van der Waals surface area contributed by atoms with Gasteiger partial charge in [0.2, 0.25) is 6.04 Å². The Morgan fingerprint density at radius 3 is 2.24 bits per heavy atom. The molecule has 1 aliphatic rings. The zero-order valence-corrected chi connectivity index (χ0v) is 8.66. The lowest BCUT2D eigenvalue weighted by Crippen LogP contribution is -2.28. The Morgan fingerprint density at radius 2 is 1.88 bits per heavy atom. The van der Waals surface area contributed by atoms with Gasteiger partial charge in [0.25, 0.3) is 5.70 Å². The summed E-state index contributed by atoms with van der Waals surface area (Å²) in [6, 6.07) is -1.80. The van der Waals surface area contributed by atoms with E-state index in [1.165, 1.54) is 0 Å². The van der Waals surface area contributed by atoms with E-state index in [4.69, 9.17) is 11.6 Å². The van der Waals surface area contributed by atoms with E-state index in [9.17, 15) is 33.4 Å². The summed E-state index contributed by atoms with van der Waals surface area (Å²) in [5.41, 5.74) is -2.54. The molecule has 17 heavy (non-hydrogen) atoms. The summed E-state index contributed by atoms with van der Waals surface area (Å²) in [7, 11) is 0. The standard InChI is InChI=1S/C7H4ClF3N2O4/c8-6-4(7(9,10)11)1-3(12(14)15)2-5(6)13(16)17/h1,3H,2H2. The van der Waals surface area contributed by atoms with Gasteiger partial charge in [-0.3, -0.25) is 20.2 Å². The Morgan fingerprint density at radius 1 is 1.35 bits per heavy atom. The monoisotopic (exact) mass is 272 g/mol. The first-order chi connectivity index (χ1) is 7.64. The summed E-state index contributed by atoms with van der Waals surface area (Å²) in [5.74, 6) is 0. The second-order valence-electron chi connectivity index (χ2n) is 3.15. The predicted molar refractivity (Wildman–Crippen MR) is 49.4 cm³/mol. The normalized spacial score (nSPS) is 21.2. The van der Waals surface area contributed by atoms with Gasteiger partial charge in [-0.25, -0.2) is 0 Å². The molecule has 0 fully saturated rings. The van der Waals surface area contributed by atoms with Crippen LogP contribution in [0, 0.1) is 20.2 Å². The molecule has 0 heterocycles. The number of hydrogen-bond acceptors (Lipinski definition) is 4. The largest absolute Gasteiger partial charge is 0.418 e. The van der Waals surface area contributed by atoms with Crippen molar-refractivity contribution in [2.45, 2.75) is 18.6 Å². The number of halogens is 4. The maximum Gasteiger partial charge on any atom is 0.418 e. The summed E-state index contributed by atoms with van der Waals surface area (Å²) >= 11 is 5.23. The van der Waals surface area contributed by atoms with Crippen LogP contribution in [0.25, 0.3) is 0 Å². The molecule has 0 spiro atoms. The van der Waals surface area contributed by atoms with E-state index in [1.54, 1.807) is 0 Å². The first-order valence-electron chi connectivity index (χ1n) is 4.10. The molecule has 0 saturated heterocycles. The maximum atomic E-state index is 12.4. The Bertz CT molecular complexity index is 443. The van der Waals surface area contributed by atoms with Gasteiger partial charge in [0, 0.05) is 11.0 Å². The van der Waals surface area contributed by atoms with Crippen molar-refractivity contribution in [3.8, 4) is 0 Å². The van der Waals surface area contributed by atoms with Gasteiger partial charge >= 0.3 is 6.18 Å². The summed E-state index contributed by atoms with van der Waals surface area (Å²) in [6.45, 7) is 0. The molecule has 0 N–H and O–H groups in total. The van der Waals surface area contributed by atoms with E-state index in [1.807, 2.05) is 0 Å². The van der Waals surface area contributed by atoms with Gasteiger partial charge in [-0.2, -0.15) is 13.2 Å². The third-order valence-corrected chi connectivity index (χ3v) is 2.47. The minimum Gasteiger partial charge on any atom is -0.264 e. The van der Waals surface area contributed by atoms with E-state index in [0.717, 1.165) is 0 Å². The highest BCUT2D eigenvalue weighted by molar-refractivity contribution is 6.32. The van der Waals surface area contributed by atoms with Crippen molar-refractivity contribution in [2.75, 3.05) is 0 Å². The first-order valence-corrected chi connectivity index (χ1v) is 4.48. The molecule has 1 atom stereocenters. The third-order valence-electron chi connectivity index (χ3n) is 2.05. The Labute approximate surface area is 96.6 Å². The highest BCUT2D eigenvalue weighted by Gasteiger charge is 2.45. The van der Waals surface area contributed by atoms with Gasteiger partial charge in [-0.15, -0.1) is 0 Å². The SMILES string of the molecule is O=[N+]([O-])C1=C(Cl)C(C(F)(F)F)=CC([N+](=O)[O-])C1. The Kier molecular flexibility index (Phi) is 3.41. The van der Waals surface area contributed by atoms with Crippen molar-refractivity contribution in [3.63, 3.8) is 0 Å². The molecule has 0 aliphatic heterocycles. The summed E-state index contributed by atoms with van der Waals surface area (Å²) in [4.78, 5) is 18.7. The lowest BCUT2D eigenvalue weighted by Gasteiger charge is -2.16. The molecule has 1 rings (SSSR count). The van der Waals surface area contributed by atoms with Crippen molar-refractivity contribution in [1.29, 1.82) is 0 Å². The highest BCUT2D eigenvalue weighted by atomic mass is 35.5. The van der Waals surface area contributed by atoms with E-state index >= 15 is 0 Å². The molecule has 0 radical (unpaired) electrons. The van der Waals surface area contributed by atoms with Crippen molar-refractivity contribution in [3.05, 3.63) is 42.6 Å². The molecular weight excluding hydrogens is 269 g/mol. The number of nitro groups is 2. The predicted octanol–water partition coefficient (Wildman–Crippen LogP) is 2.25. The molecule has 6 nitrogen and oxygen atoms in total. The van der Waals surface area contributed by atoms with Gasteiger partial charge in [0.05, 0.1) is 10.5 Å². The average Bonchev–Trinajstić information content (AvgIpc) is 2.15. The zero-order valence-electron chi connectivity index (χ0n) is 7.90. The lowest BCUT2D eigenvalue weighted by molar-refractivity contribution is -0.518. The lowest BCUT2D eigenvalue weighted by atomic mass is 10.00. The second kappa shape index (κ2) is 4.32. The van der Waals surface area contributed by atoms with Crippen molar-refractivity contribution in [1.82, 2.24) is 0 Å². The fraction of sp³-hybridized carbons (Fsp3) is 0.429. The molecule has 10 heteroatoms. The number of hydrogen-bond donors (Lipinski definition) is 0. The highest BCUT2D eigenvalue weighted by Crippen LogP contribution is 2.39. The molecule has 0 saturated carbocycles. The topological polar surface area (TPSA) is 86.3 Å². The molecule has 1 unspecified atom stereocenters. The van der Waals surface area contributed by atoms with Crippen LogP contribution in [-0.2, 0) is 0 Å². The molecule has 0 bridgehead atoms. The van der Waals surface area contributed by atoms with Gasteiger partial charge < -0.3 is 0 Å². The molecule has 0 amide bonds.